The fraction of sp³-hybridized carbons (Fsp3) is 0.333. The summed E-state index contributed by atoms with van der Waals surface area (Å²) in [5, 5.41) is 0. The summed E-state index contributed by atoms with van der Waals surface area (Å²) in [4.78, 5) is 0.291. The van der Waals surface area contributed by atoms with Crippen molar-refractivity contribution >= 4 is 15.7 Å². The van der Waals surface area contributed by atoms with E-state index in [2.05, 4.69) is 25.5 Å². The van der Waals surface area contributed by atoms with E-state index in [0.717, 1.165) is 18.4 Å². The van der Waals surface area contributed by atoms with Gasteiger partial charge in [0.25, 0.3) is 10.0 Å². The van der Waals surface area contributed by atoms with Crippen molar-refractivity contribution in [2.45, 2.75) is 44.4 Å². The van der Waals surface area contributed by atoms with Crippen LogP contribution >= 0.6 is 0 Å². The number of sulfonamides is 1. The van der Waals surface area contributed by atoms with E-state index < -0.39 is 10.0 Å². The van der Waals surface area contributed by atoms with Crippen molar-refractivity contribution in [2.24, 2.45) is 0 Å². The summed E-state index contributed by atoms with van der Waals surface area (Å²) in [5.41, 5.74) is 2.93. The van der Waals surface area contributed by atoms with Crippen molar-refractivity contribution < 1.29 is 8.42 Å². The number of nitrogens with one attached hydrogen (secondary N) is 1. The molecule has 0 aliphatic heterocycles. The molecule has 1 N–H and O–H groups in total. The molecular formula is C18H23NO2S. The molecule has 0 spiro atoms. The quantitative estimate of drug-likeness (QED) is 0.848. The highest BCUT2D eigenvalue weighted by atomic mass is 32.2. The second-order valence-electron chi connectivity index (χ2n) is 5.53. The van der Waals surface area contributed by atoms with Gasteiger partial charge in [-0.1, -0.05) is 45.0 Å². The Morgan fingerprint density at radius 3 is 2.05 bits per heavy atom. The van der Waals surface area contributed by atoms with E-state index in [4.69, 9.17) is 0 Å². The molecule has 0 aliphatic rings. The molecule has 0 amide bonds. The second kappa shape index (κ2) is 6.97. The first-order chi connectivity index (χ1) is 10.5. The minimum atomic E-state index is -3.53. The van der Waals surface area contributed by atoms with Crippen LogP contribution in [0.3, 0.4) is 0 Å². The predicted octanol–water partition coefficient (Wildman–Crippen LogP) is 4.56. The molecule has 0 saturated heterocycles. The summed E-state index contributed by atoms with van der Waals surface area (Å²) in [6.07, 6.45) is 1.97. The maximum absolute atomic E-state index is 12.4. The first kappa shape index (κ1) is 16.6. The van der Waals surface area contributed by atoms with Gasteiger partial charge in [0.2, 0.25) is 0 Å². The van der Waals surface area contributed by atoms with E-state index in [9.17, 15) is 8.42 Å². The van der Waals surface area contributed by atoms with Gasteiger partial charge in [-0.25, -0.2) is 8.42 Å². The number of aryl methyl sites for hydroxylation is 1. The molecule has 0 aliphatic carbocycles. The van der Waals surface area contributed by atoms with Gasteiger partial charge in [0, 0.05) is 5.69 Å². The van der Waals surface area contributed by atoms with Crippen LogP contribution in [0.15, 0.2) is 53.4 Å². The Labute approximate surface area is 133 Å². The van der Waals surface area contributed by atoms with Gasteiger partial charge in [-0.15, -0.1) is 0 Å². The normalized spacial score (nSPS) is 12.9. The molecule has 4 heteroatoms. The summed E-state index contributed by atoms with van der Waals surface area (Å²) in [6.45, 7) is 6.33. The monoisotopic (exact) mass is 317 g/mol. The molecule has 3 nitrogen and oxygen atoms in total. The smallest absolute Gasteiger partial charge is 0.261 e. The van der Waals surface area contributed by atoms with E-state index in [1.54, 1.807) is 24.3 Å². The van der Waals surface area contributed by atoms with Crippen LogP contribution in [-0.2, 0) is 16.4 Å². The SMILES string of the molecule is CCc1ccc(NS(=O)(=O)c2ccc(C(C)CC)cc2)cc1. The molecule has 1 atom stereocenters. The fourth-order valence-electron chi connectivity index (χ4n) is 2.23. The minimum Gasteiger partial charge on any atom is -0.280 e. The van der Waals surface area contributed by atoms with E-state index in [1.807, 2.05) is 24.3 Å². The topological polar surface area (TPSA) is 46.2 Å². The van der Waals surface area contributed by atoms with Gasteiger partial charge in [-0.2, -0.15) is 0 Å². The lowest BCUT2D eigenvalue weighted by molar-refractivity contribution is 0.601. The summed E-state index contributed by atoms with van der Waals surface area (Å²) in [6, 6.07) is 14.6. The Balaban J connectivity index is 2.18. The maximum Gasteiger partial charge on any atom is 0.261 e. The fourth-order valence-corrected chi connectivity index (χ4v) is 3.29. The lowest BCUT2D eigenvalue weighted by atomic mass is 9.99. The molecule has 0 bridgehead atoms. The first-order valence-corrected chi connectivity index (χ1v) is 9.16. The zero-order chi connectivity index (χ0) is 16.2. The highest BCUT2D eigenvalue weighted by molar-refractivity contribution is 7.92. The highest BCUT2D eigenvalue weighted by Gasteiger charge is 2.14. The standard InChI is InChI=1S/C18H23NO2S/c1-4-14(3)16-8-12-18(13-9-16)22(20,21)19-17-10-6-15(5-2)7-11-17/h6-14,19H,4-5H2,1-3H3. The lowest BCUT2D eigenvalue weighted by Gasteiger charge is -2.11. The number of benzene rings is 2. The number of hydrogen-bond acceptors (Lipinski definition) is 2. The molecular weight excluding hydrogens is 294 g/mol. The Morgan fingerprint density at radius 1 is 0.955 bits per heavy atom. The predicted molar refractivity (Wildman–Crippen MR) is 91.8 cm³/mol. The van der Waals surface area contributed by atoms with Gasteiger partial charge in [0.1, 0.15) is 0 Å². The van der Waals surface area contributed by atoms with Gasteiger partial charge >= 0.3 is 0 Å². The van der Waals surface area contributed by atoms with Crippen LogP contribution in [0.1, 0.15) is 44.2 Å². The Hall–Kier alpha value is -1.81. The Morgan fingerprint density at radius 2 is 1.55 bits per heavy atom. The van der Waals surface area contributed by atoms with Crippen LogP contribution in [0.2, 0.25) is 0 Å². The van der Waals surface area contributed by atoms with Gasteiger partial charge < -0.3 is 0 Å². The lowest BCUT2D eigenvalue weighted by Crippen LogP contribution is -2.13. The van der Waals surface area contributed by atoms with Crippen LogP contribution in [-0.4, -0.2) is 8.42 Å². The van der Waals surface area contributed by atoms with Crippen molar-refractivity contribution in [1.29, 1.82) is 0 Å². The first-order valence-electron chi connectivity index (χ1n) is 7.68. The summed E-state index contributed by atoms with van der Waals surface area (Å²) >= 11 is 0. The van der Waals surface area contributed by atoms with Gasteiger partial charge in [0.05, 0.1) is 4.90 Å². The van der Waals surface area contributed by atoms with Gasteiger partial charge in [-0.3, -0.25) is 4.72 Å². The van der Waals surface area contributed by atoms with E-state index in [0.29, 0.717) is 16.5 Å². The number of rotatable bonds is 6. The van der Waals surface area contributed by atoms with Crippen molar-refractivity contribution in [1.82, 2.24) is 0 Å². The Bertz CT molecular complexity index is 704. The zero-order valence-corrected chi connectivity index (χ0v) is 14.2. The number of hydrogen-bond donors (Lipinski definition) is 1. The van der Waals surface area contributed by atoms with Crippen LogP contribution in [0, 0.1) is 0 Å². The zero-order valence-electron chi connectivity index (χ0n) is 13.3. The molecule has 0 saturated carbocycles. The van der Waals surface area contributed by atoms with Crippen molar-refractivity contribution in [3.63, 3.8) is 0 Å². The summed E-state index contributed by atoms with van der Waals surface area (Å²) in [5.74, 6) is 0.436. The summed E-state index contributed by atoms with van der Waals surface area (Å²) < 4.78 is 27.4. The minimum absolute atomic E-state index is 0.291. The molecule has 0 fully saturated rings. The second-order valence-corrected chi connectivity index (χ2v) is 7.22. The molecule has 2 aromatic rings. The third-order valence-corrected chi connectivity index (χ3v) is 5.38. The van der Waals surface area contributed by atoms with E-state index in [1.165, 1.54) is 5.56 Å². The van der Waals surface area contributed by atoms with Crippen LogP contribution in [0.4, 0.5) is 5.69 Å². The third kappa shape index (κ3) is 3.89. The van der Waals surface area contributed by atoms with Crippen LogP contribution in [0.25, 0.3) is 0 Å². The molecule has 0 heterocycles. The molecule has 1 unspecified atom stereocenters. The molecule has 0 aromatic heterocycles. The summed E-state index contributed by atoms with van der Waals surface area (Å²) in [7, 11) is -3.53. The number of anilines is 1. The molecule has 2 aromatic carbocycles. The maximum atomic E-state index is 12.4. The average molecular weight is 317 g/mol. The molecule has 22 heavy (non-hydrogen) atoms. The third-order valence-electron chi connectivity index (χ3n) is 3.99. The van der Waals surface area contributed by atoms with Crippen LogP contribution in [0.5, 0.6) is 0 Å². The van der Waals surface area contributed by atoms with Crippen molar-refractivity contribution in [2.75, 3.05) is 4.72 Å². The van der Waals surface area contributed by atoms with Crippen molar-refractivity contribution in [3.8, 4) is 0 Å². The highest BCUT2D eigenvalue weighted by Crippen LogP contribution is 2.22. The van der Waals surface area contributed by atoms with Crippen LogP contribution < -0.4 is 4.72 Å². The Kier molecular flexibility index (Phi) is 5.24. The van der Waals surface area contributed by atoms with Crippen molar-refractivity contribution in [3.05, 3.63) is 59.7 Å². The van der Waals surface area contributed by atoms with E-state index >= 15 is 0 Å². The molecule has 0 radical (unpaired) electrons. The van der Waals surface area contributed by atoms with Gasteiger partial charge in [0.15, 0.2) is 0 Å². The average Bonchev–Trinajstić information content (AvgIpc) is 2.54. The largest absolute Gasteiger partial charge is 0.280 e. The van der Waals surface area contributed by atoms with Gasteiger partial charge in [-0.05, 0) is 54.2 Å². The molecule has 2 rings (SSSR count). The molecule has 118 valence electrons. The van der Waals surface area contributed by atoms with E-state index in [-0.39, 0.29) is 0 Å².